The van der Waals surface area contributed by atoms with Crippen molar-refractivity contribution in [1.29, 1.82) is 0 Å². The molecule has 1 heterocycles. The van der Waals surface area contributed by atoms with E-state index in [1.165, 1.54) is 22.1 Å². The molecular weight excluding hydrogens is 236 g/mol. The fourth-order valence-electron chi connectivity index (χ4n) is 2.94. The van der Waals surface area contributed by atoms with Crippen LogP contribution in [0.15, 0.2) is 46.9 Å². The lowest BCUT2D eigenvalue weighted by Crippen LogP contribution is -2.01. The predicted octanol–water partition coefficient (Wildman–Crippen LogP) is 4.21. The summed E-state index contributed by atoms with van der Waals surface area (Å²) in [5.41, 5.74) is 4.87. The average Bonchev–Trinajstić information content (AvgIpc) is 2.85. The third-order valence-corrected chi connectivity index (χ3v) is 3.90. The van der Waals surface area contributed by atoms with Crippen LogP contribution in [0.5, 0.6) is 5.75 Å². The van der Waals surface area contributed by atoms with Crippen LogP contribution in [0.25, 0.3) is 22.3 Å². The molecule has 0 unspecified atom stereocenters. The van der Waals surface area contributed by atoms with Crippen LogP contribution in [0.1, 0.15) is 11.1 Å². The maximum Gasteiger partial charge on any atom is 0.138 e. The van der Waals surface area contributed by atoms with E-state index in [9.17, 15) is 0 Å². The zero-order valence-corrected chi connectivity index (χ0v) is 10.8. The number of aryl methyl sites for hydroxylation is 2. The molecule has 0 atom stereocenters. The Morgan fingerprint density at radius 1 is 1.05 bits per heavy atom. The molecule has 19 heavy (non-hydrogen) atoms. The Morgan fingerprint density at radius 3 is 2.84 bits per heavy atom. The summed E-state index contributed by atoms with van der Waals surface area (Å²) in [6, 6.07) is 14.5. The Labute approximate surface area is 111 Å². The van der Waals surface area contributed by atoms with Crippen molar-refractivity contribution >= 4 is 11.0 Å². The highest BCUT2D eigenvalue weighted by molar-refractivity contribution is 5.90. The number of fused-ring (bicyclic) bond motifs is 5. The van der Waals surface area contributed by atoms with Crippen molar-refractivity contribution in [3.8, 4) is 17.1 Å². The molecular formula is C17H14O2. The Bertz CT molecular complexity index is 768. The second-order valence-electron chi connectivity index (χ2n) is 4.93. The zero-order valence-electron chi connectivity index (χ0n) is 10.8. The van der Waals surface area contributed by atoms with Gasteiger partial charge >= 0.3 is 0 Å². The molecule has 0 fully saturated rings. The molecule has 3 aromatic rings. The number of furan rings is 1. The molecule has 0 radical (unpaired) electrons. The lowest BCUT2D eigenvalue weighted by atomic mass is 9.89. The molecule has 0 N–H and O–H groups in total. The fraction of sp³-hybridized carbons (Fsp3) is 0.176. The van der Waals surface area contributed by atoms with Gasteiger partial charge in [0.25, 0.3) is 0 Å². The van der Waals surface area contributed by atoms with Gasteiger partial charge in [0.15, 0.2) is 0 Å². The van der Waals surface area contributed by atoms with Gasteiger partial charge in [-0.25, -0.2) is 0 Å². The first kappa shape index (κ1) is 10.7. The largest absolute Gasteiger partial charge is 0.497 e. The number of methoxy groups -OCH3 is 1. The Kier molecular flexibility index (Phi) is 2.18. The summed E-state index contributed by atoms with van der Waals surface area (Å²) in [6.45, 7) is 0. The zero-order chi connectivity index (χ0) is 12.8. The second kappa shape index (κ2) is 3.89. The summed E-state index contributed by atoms with van der Waals surface area (Å²) in [6.07, 6.45) is 2.11. The number of benzene rings is 2. The molecule has 1 aliphatic carbocycles. The highest BCUT2D eigenvalue weighted by atomic mass is 16.5. The second-order valence-corrected chi connectivity index (χ2v) is 4.93. The molecule has 2 nitrogen and oxygen atoms in total. The van der Waals surface area contributed by atoms with E-state index in [1.807, 2.05) is 12.1 Å². The number of hydrogen-bond acceptors (Lipinski definition) is 2. The minimum absolute atomic E-state index is 0.884. The maximum absolute atomic E-state index is 6.06. The number of hydrogen-bond donors (Lipinski definition) is 0. The quantitative estimate of drug-likeness (QED) is 0.645. The van der Waals surface area contributed by atoms with Gasteiger partial charge in [0.1, 0.15) is 17.1 Å². The molecule has 2 aromatic carbocycles. The van der Waals surface area contributed by atoms with Crippen LogP contribution >= 0.6 is 0 Å². The topological polar surface area (TPSA) is 22.4 Å². The summed E-state index contributed by atoms with van der Waals surface area (Å²) in [5.74, 6) is 1.92. The first-order valence-corrected chi connectivity index (χ1v) is 6.54. The Hall–Kier alpha value is -2.22. The van der Waals surface area contributed by atoms with Crippen molar-refractivity contribution in [3.63, 3.8) is 0 Å². The summed E-state index contributed by atoms with van der Waals surface area (Å²) in [5, 5.41) is 1.18. The van der Waals surface area contributed by atoms with E-state index in [0.29, 0.717) is 0 Å². The van der Waals surface area contributed by atoms with Gasteiger partial charge in [0.2, 0.25) is 0 Å². The Morgan fingerprint density at radius 2 is 1.95 bits per heavy atom. The minimum Gasteiger partial charge on any atom is -0.497 e. The van der Waals surface area contributed by atoms with Gasteiger partial charge in [-0.1, -0.05) is 24.3 Å². The van der Waals surface area contributed by atoms with E-state index in [2.05, 4.69) is 30.3 Å². The third-order valence-electron chi connectivity index (χ3n) is 3.90. The molecule has 1 aliphatic rings. The summed E-state index contributed by atoms with van der Waals surface area (Å²) in [4.78, 5) is 0. The highest BCUT2D eigenvalue weighted by Gasteiger charge is 2.22. The van der Waals surface area contributed by atoms with Crippen LogP contribution < -0.4 is 4.74 Å². The van der Waals surface area contributed by atoms with Crippen molar-refractivity contribution < 1.29 is 9.15 Å². The van der Waals surface area contributed by atoms with E-state index in [-0.39, 0.29) is 0 Å². The molecule has 94 valence electrons. The summed E-state index contributed by atoms with van der Waals surface area (Å²) < 4.78 is 11.4. The molecule has 4 rings (SSSR count). The van der Waals surface area contributed by atoms with E-state index in [0.717, 1.165) is 29.9 Å². The summed E-state index contributed by atoms with van der Waals surface area (Å²) >= 11 is 0. The molecule has 0 saturated heterocycles. The van der Waals surface area contributed by atoms with Gasteiger partial charge in [-0.15, -0.1) is 0 Å². The molecule has 0 aliphatic heterocycles. The third kappa shape index (κ3) is 1.49. The van der Waals surface area contributed by atoms with Crippen LogP contribution in [0.3, 0.4) is 0 Å². The molecule has 0 saturated carbocycles. The molecule has 2 heteroatoms. The van der Waals surface area contributed by atoms with Crippen molar-refractivity contribution in [2.75, 3.05) is 7.11 Å². The van der Waals surface area contributed by atoms with Gasteiger partial charge in [0.05, 0.1) is 7.11 Å². The average molecular weight is 250 g/mol. The van der Waals surface area contributed by atoms with Crippen LogP contribution in [0, 0.1) is 0 Å². The predicted molar refractivity (Wildman–Crippen MR) is 75.6 cm³/mol. The van der Waals surface area contributed by atoms with E-state index in [1.54, 1.807) is 7.11 Å². The lowest BCUT2D eigenvalue weighted by molar-refractivity contribution is 0.415. The number of rotatable bonds is 1. The van der Waals surface area contributed by atoms with E-state index < -0.39 is 0 Å². The van der Waals surface area contributed by atoms with Gasteiger partial charge in [-0.2, -0.15) is 0 Å². The Balaban J connectivity index is 2.02. The SMILES string of the molecule is COc1ccc2oc3c(c2c1)CCc1ccccc1-3. The van der Waals surface area contributed by atoms with E-state index >= 15 is 0 Å². The van der Waals surface area contributed by atoms with Crippen molar-refractivity contribution in [2.24, 2.45) is 0 Å². The standard InChI is InChI=1S/C17H14O2/c1-18-12-7-9-16-15(10-12)14-8-6-11-4-2-3-5-13(11)17(14)19-16/h2-5,7,9-10H,6,8H2,1H3. The van der Waals surface area contributed by atoms with Crippen LogP contribution in [0.2, 0.25) is 0 Å². The normalized spacial score (nSPS) is 13.1. The van der Waals surface area contributed by atoms with Gasteiger partial charge in [-0.3, -0.25) is 0 Å². The molecule has 0 amide bonds. The van der Waals surface area contributed by atoms with Crippen molar-refractivity contribution in [1.82, 2.24) is 0 Å². The first-order chi connectivity index (χ1) is 9.36. The molecule has 1 aromatic heterocycles. The van der Waals surface area contributed by atoms with Gasteiger partial charge < -0.3 is 9.15 Å². The minimum atomic E-state index is 0.884. The maximum atomic E-state index is 6.06. The van der Waals surface area contributed by atoms with E-state index in [4.69, 9.17) is 9.15 Å². The fourth-order valence-corrected chi connectivity index (χ4v) is 2.94. The van der Waals surface area contributed by atoms with Crippen LogP contribution in [-0.4, -0.2) is 7.11 Å². The number of ether oxygens (including phenoxy) is 1. The monoisotopic (exact) mass is 250 g/mol. The van der Waals surface area contributed by atoms with Crippen molar-refractivity contribution in [3.05, 3.63) is 53.6 Å². The molecule has 0 bridgehead atoms. The van der Waals surface area contributed by atoms with Crippen molar-refractivity contribution in [2.45, 2.75) is 12.8 Å². The van der Waals surface area contributed by atoms with Crippen LogP contribution in [0.4, 0.5) is 0 Å². The van der Waals surface area contributed by atoms with Gasteiger partial charge in [0, 0.05) is 16.5 Å². The van der Waals surface area contributed by atoms with Crippen LogP contribution in [-0.2, 0) is 12.8 Å². The lowest BCUT2D eigenvalue weighted by Gasteiger charge is -2.14. The smallest absolute Gasteiger partial charge is 0.138 e. The van der Waals surface area contributed by atoms with Gasteiger partial charge in [-0.05, 0) is 36.6 Å². The highest BCUT2D eigenvalue weighted by Crippen LogP contribution is 2.40. The molecule has 0 spiro atoms. The first-order valence-electron chi connectivity index (χ1n) is 6.54. The summed E-state index contributed by atoms with van der Waals surface area (Å²) in [7, 11) is 1.70.